The summed E-state index contributed by atoms with van der Waals surface area (Å²) in [5.74, 6) is 0.494. The highest BCUT2D eigenvalue weighted by Crippen LogP contribution is 2.09. The number of amides is 1. The molecule has 1 unspecified atom stereocenters. The molecule has 6 nitrogen and oxygen atoms in total. The molecular weight excluding hydrogens is 242 g/mol. The summed E-state index contributed by atoms with van der Waals surface area (Å²) in [4.78, 5) is 18.0. The summed E-state index contributed by atoms with van der Waals surface area (Å²) >= 11 is 0. The number of hydrogen-bond donors (Lipinski definition) is 1. The molecular formula is C13H19N5O. The van der Waals surface area contributed by atoms with E-state index in [4.69, 9.17) is 0 Å². The number of nitrogens with zero attached hydrogens (tertiary/aromatic N) is 4. The van der Waals surface area contributed by atoms with Gasteiger partial charge in [-0.25, -0.2) is 4.52 Å². The molecule has 19 heavy (non-hydrogen) atoms. The van der Waals surface area contributed by atoms with Crippen molar-refractivity contribution in [3.05, 3.63) is 23.9 Å². The molecule has 2 aromatic heterocycles. The zero-order chi connectivity index (χ0) is 14.0. The van der Waals surface area contributed by atoms with Crippen LogP contribution in [0, 0.1) is 6.92 Å². The number of aromatic nitrogens is 3. The van der Waals surface area contributed by atoms with Gasteiger partial charge in [-0.1, -0.05) is 0 Å². The second-order valence-electron chi connectivity index (χ2n) is 4.66. The third-order valence-electron chi connectivity index (χ3n) is 3.06. The van der Waals surface area contributed by atoms with Gasteiger partial charge < -0.3 is 10.2 Å². The Bertz CT molecular complexity index is 592. The Balaban J connectivity index is 2.15. The number of anilines is 1. The van der Waals surface area contributed by atoms with Crippen molar-refractivity contribution in [2.75, 3.05) is 18.9 Å². The second-order valence-corrected chi connectivity index (χ2v) is 4.66. The van der Waals surface area contributed by atoms with Crippen LogP contribution in [0.15, 0.2) is 18.3 Å². The summed E-state index contributed by atoms with van der Waals surface area (Å²) in [6.45, 7) is 6.44. The molecule has 1 N–H and O–H groups in total. The number of pyridine rings is 1. The monoisotopic (exact) mass is 261 g/mol. The first-order valence-corrected chi connectivity index (χ1v) is 6.35. The van der Waals surface area contributed by atoms with E-state index in [1.54, 1.807) is 16.5 Å². The standard InChI is InChI=1S/C13H19N5O/c1-5-17(4)12(19)10(3)14-13-15-11-8-9(2)6-7-18(11)16-13/h6-8,10H,5H2,1-4H3,(H,14,16). The fourth-order valence-corrected chi connectivity index (χ4v) is 1.79. The van der Waals surface area contributed by atoms with E-state index in [-0.39, 0.29) is 11.9 Å². The van der Waals surface area contributed by atoms with Crippen molar-refractivity contribution < 1.29 is 4.79 Å². The van der Waals surface area contributed by atoms with Gasteiger partial charge in [-0.15, -0.1) is 5.10 Å². The Morgan fingerprint density at radius 1 is 1.58 bits per heavy atom. The number of carbonyl (C=O) groups is 1. The van der Waals surface area contributed by atoms with Crippen LogP contribution < -0.4 is 5.32 Å². The van der Waals surface area contributed by atoms with Gasteiger partial charge in [0.1, 0.15) is 6.04 Å². The number of hydrogen-bond acceptors (Lipinski definition) is 4. The molecule has 2 heterocycles. The van der Waals surface area contributed by atoms with Crippen LogP contribution in [0.5, 0.6) is 0 Å². The Labute approximate surface area is 112 Å². The number of fused-ring (bicyclic) bond motifs is 1. The van der Waals surface area contributed by atoms with Crippen molar-refractivity contribution >= 4 is 17.5 Å². The van der Waals surface area contributed by atoms with E-state index >= 15 is 0 Å². The molecule has 0 saturated heterocycles. The van der Waals surface area contributed by atoms with E-state index in [1.807, 2.05) is 39.1 Å². The first kappa shape index (κ1) is 13.3. The highest BCUT2D eigenvalue weighted by Gasteiger charge is 2.17. The topological polar surface area (TPSA) is 62.5 Å². The van der Waals surface area contributed by atoms with Gasteiger partial charge in [-0.3, -0.25) is 4.79 Å². The fourth-order valence-electron chi connectivity index (χ4n) is 1.79. The minimum Gasteiger partial charge on any atom is -0.344 e. The molecule has 0 aliphatic rings. The molecule has 1 atom stereocenters. The van der Waals surface area contributed by atoms with Gasteiger partial charge in [0, 0.05) is 19.8 Å². The predicted molar refractivity (Wildman–Crippen MR) is 74.1 cm³/mol. The Kier molecular flexibility index (Phi) is 3.69. The summed E-state index contributed by atoms with van der Waals surface area (Å²) < 4.78 is 1.69. The number of rotatable bonds is 4. The molecule has 0 aliphatic heterocycles. The van der Waals surface area contributed by atoms with Crippen LogP contribution in [0.4, 0.5) is 5.95 Å². The van der Waals surface area contributed by atoms with Crippen LogP contribution in [0.2, 0.25) is 0 Å². The SMILES string of the molecule is CCN(C)C(=O)C(C)Nc1nc2cc(C)ccn2n1. The third kappa shape index (κ3) is 2.83. The van der Waals surface area contributed by atoms with E-state index in [0.717, 1.165) is 11.2 Å². The molecule has 1 amide bonds. The molecule has 0 spiro atoms. The van der Waals surface area contributed by atoms with Crippen LogP contribution in [0.1, 0.15) is 19.4 Å². The summed E-state index contributed by atoms with van der Waals surface area (Å²) in [6, 6.07) is 3.57. The van der Waals surface area contributed by atoms with Crippen LogP contribution in [-0.2, 0) is 4.79 Å². The molecule has 0 aromatic carbocycles. The largest absolute Gasteiger partial charge is 0.344 e. The maximum Gasteiger partial charge on any atom is 0.244 e. The normalized spacial score (nSPS) is 12.4. The molecule has 0 bridgehead atoms. The third-order valence-corrected chi connectivity index (χ3v) is 3.06. The second kappa shape index (κ2) is 5.26. The van der Waals surface area contributed by atoms with Crippen molar-refractivity contribution in [3.63, 3.8) is 0 Å². The van der Waals surface area contributed by atoms with Crippen molar-refractivity contribution in [3.8, 4) is 0 Å². The van der Waals surface area contributed by atoms with Gasteiger partial charge in [0.15, 0.2) is 5.65 Å². The van der Waals surface area contributed by atoms with E-state index in [2.05, 4.69) is 15.4 Å². The van der Waals surface area contributed by atoms with E-state index in [9.17, 15) is 4.79 Å². The van der Waals surface area contributed by atoms with Crippen molar-refractivity contribution in [2.45, 2.75) is 26.8 Å². The summed E-state index contributed by atoms with van der Waals surface area (Å²) in [7, 11) is 1.78. The minimum absolute atomic E-state index is 0.0255. The van der Waals surface area contributed by atoms with Gasteiger partial charge in [0.2, 0.25) is 11.9 Å². The Hall–Kier alpha value is -2.11. The van der Waals surface area contributed by atoms with Crippen LogP contribution in [-0.4, -0.2) is 45.0 Å². The lowest BCUT2D eigenvalue weighted by atomic mass is 10.3. The van der Waals surface area contributed by atoms with Gasteiger partial charge in [-0.2, -0.15) is 4.98 Å². The molecule has 2 aromatic rings. The lowest BCUT2D eigenvalue weighted by molar-refractivity contribution is -0.130. The summed E-state index contributed by atoms with van der Waals surface area (Å²) in [6.07, 6.45) is 1.85. The van der Waals surface area contributed by atoms with E-state index < -0.39 is 0 Å². The molecule has 0 fully saturated rings. The molecule has 102 valence electrons. The molecule has 0 aliphatic carbocycles. The lowest BCUT2D eigenvalue weighted by Crippen LogP contribution is -2.39. The van der Waals surface area contributed by atoms with Gasteiger partial charge >= 0.3 is 0 Å². The van der Waals surface area contributed by atoms with Crippen molar-refractivity contribution in [1.29, 1.82) is 0 Å². The number of likely N-dealkylation sites (N-methyl/N-ethyl adjacent to an activating group) is 1. The maximum absolute atomic E-state index is 11.9. The average Bonchev–Trinajstić information content (AvgIpc) is 2.77. The van der Waals surface area contributed by atoms with Crippen molar-refractivity contribution in [1.82, 2.24) is 19.5 Å². The predicted octanol–water partition coefficient (Wildman–Crippen LogP) is 1.32. The number of nitrogens with one attached hydrogen (secondary N) is 1. The summed E-state index contributed by atoms with van der Waals surface area (Å²) in [5, 5.41) is 7.32. The Morgan fingerprint density at radius 3 is 3.00 bits per heavy atom. The first-order valence-electron chi connectivity index (χ1n) is 6.35. The zero-order valence-corrected chi connectivity index (χ0v) is 11.7. The summed E-state index contributed by atoms with van der Waals surface area (Å²) in [5.41, 5.74) is 1.90. The lowest BCUT2D eigenvalue weighted by Gasteiger charge is -2.19. The average molecular weight is 261 g/mol. The highest BCUT2D eigenvalue weighted by atomic mass is 16.2. The molecule has 0 saturated carbocycles. The molecule has 0 radical (unpaired) electrons. The fraction of sp³-hybridized carbons (Fsp3) is 0.462. The quantitative estimate of drug-likeness (QED) is 0.901. The van der Waals surface area contributed by atoms with Crippen LogP contribution in [0.25, 0.3) is 5.65 Å². The van der Waals surface area contributed by atoms with E-state index in [1.165, 1.54) is 0 Å². The first-order chi connectivity index (χ1) is 9.01. The van der Waals surface area contributed by atoms with Gasteiger partial charge in [0.05, 0.1) is 0 Å². The smallest absolute Gasteiger partial charge is 0.244 e. The highest BCUT2D eigenvalue weighted by molar-refractivity contribution is 5.83. The molecule has 2 rings (SSSR count). The maximum atomic E-state index is 11.9. The van der Waals surface area contributed by atoms with E-state index in [0.29, 0.717) is 12.5 Å². The number of carbonyl (C=O) groups excluding carboxylic acids is 1. The zero-order valence-electron chi connectivity index (χ0n) is 11.7. The van der Waals surface area contributed by atoms with Crippen LogP contribution >= 0.6 is 0 Å². The number of aryl methyl sites for hydroxylation is 1. The molecule has 6 heteroatoms. The van der Waals surface area contributed by atoms with Gasteiger partial charge in [0.25, 0.3) is 0 Å². The van der Waals surface area contributed by atoms with Gasteiger partial charge in [-0.05, 0) is 38.5 Å². The van der Waals surface area contributed by atoms with Crippen molar-refractivity contribution in [2.24, 2.45) is 0 Å². The minimum atomic E-state index is -0.344. The van der Waals surface area contributed by atoms with Crippen LogP contribution in [0.3, 0.4) is 0 Å². The Morgan fingerprint density at radius 2 is 2.32 bits per heavy atom.